The molecule has 0 spiro atoms. The highest BCUT2D eigenvalue weighted by Gasteiger charge is 2.29. The summed E-state index contributed by atoms with van der Waals surface area (Å²) in [5.74, 6) is 1.03. The summed E-state index contributed by atoms with van der Waals surface area (Å²) in [5.41, 5.74) is 1.00. The number of amides is 1. The number of fused-ring (bicyclic) bond motifs is 1. The van der Waals surface area contributed by atoms with Gasteiger partial charge in [0.1, 0.15) is 12.4 Å². The van der Waals surface area contributed by atoms with Gasteiger partial charge in [-0.3, -0.25) is 4.79 Å². The highest BCUT2D eigenvalue weighted by atomic mass is 35.5. The van der Waals surface area contributed by atoms with Gasteiger partial charge in [-0.2, -0.15) is 0 Å². The van der Waals surface area contributed by atoms with Gasteiger partial charge < -0.3 is 10.1 Å². The minimum Gasteiger partial charge on any atom is -0.492 e. The van der Waals surface area contributed by atoms with Crippen molar-refractivity contribution in [3.63, 3.8) is 0 Å². The summed E-state index contributed by atoms with van der Waals surface area (Å²) in [6.45, 7) is 4.66. The van der Waals surface area contributed by atoms with Gasteiger partial charge >= 0.3 is 0 Å². The minimum absolute atomic E-state index is 0.0442. The van der Waals surface area contributed by atoms with Gasteiger partial charge in [-0.05, 0) is 47.5 Å². The third-order valence-electron chi connectivity index (χ3n) is 4.11. The molecule has 0 unspecified atom stereocenters. The molecule has 2 heterocycles. The predicted molar refractivity (Wildman–Crippen MR) is 94.2 cm³/mol. The summed E-state index contributed by atoms with van der Waals surface area (Å²) in [6, 6.07) is 9.70. The second kappa shape index (κ2) is 6.93. The Labute approximate surface area is 145 Å². The molecule has 1 N–H and O–H groups in total. The molecule has 2 atom stereocenters. The fraction of sp³-hybridized carbons (Fsp3) is 0.389. The maximum atomic E-state index is 12.7. The first-order valence-corrected chi connectivity index (χ1v) is 9.05. The molecular formula is C18H20ClNO2S. The normalized spacial score (nSPS) is 18.2. The number of nitrogens with one attached hydrogen (secondary N) is 1. The summed E-state index contributed by atoms with van der Waals surface area (Å²) in [4.78, 5) is 13.9. The zero-order valence-corrected chi connectivity index (χ0v) is 14.8. The zero-order chi connectivity index (χ0) is 16.4. The van der Waals surface area contributed by atoms with E-state index < -0.39 is 0 Å². The summed E-state index contributed by atoms with van der Waals surface area (Å²) in [7, 11) is 0. The predicted octanol–water partition coefficient (Wildman–Crippen LogP) is 4.47. The number of carbonyl (C=O) groups is 1. The van der Waals surface area contributed by atoms with Crippen LogP contribution < -0.4 is 10.1 Å². The molecule has 2 aromatic rings. The Bertz CT molecular complexity index is 684. The second-order valence-corrected chi connectivity index (χ2v) is 7.63. The average molecular weight is 350 g/mol. The summed E-state index contributed by atoms with van der Waals surface area (Å²) in [5, 5.41) is 5.91. The number of rotatable bonds is 4. The Kier molecular flexibility index (Phi) is 4.93. The molecule has 1 aliphatic rings. The Balaban J connectivity index is 1.71. The smallest absolute Gasteiger partial charge is 0.227 e. The van der Waals surface area contributed by atoms with Gasteiger partial charge in [-0.25, -0.2) is 0 Å². The molecule has 122 valence electrons. The fourth-order valence-corrected chi connectivity index (χ4v) is 3.98. The van der Waals surface area contributed by atoms with E-state index in [9.17, 15) is 4.79 Å². The van der Waals surface area contributed by atoms with Crippen molar-refractivity contribution in [2.24, 2.45) is 11.8 Å². The Morgan fingerprint density at radius 3 is 2.91 bits per heavy atom. The van der Waals surface area contributed by atoms with Gasteiger partial charge in [-0.15, -0.1) is 11.3 Å². The van der Waals surface area contributed by atoms with Gasteiger partial charge in [0.05, 0.1) is 12.0 Å². The minimum atomic E-state index is -0.179. The van der Waals surface area contributed by atoms with E-state index in [0.29, 0.717) is 24.0 Å². The molecular weight excluding hydrogens is 330 g/mol. The van der Waals surface area contributed by atoms with Crippen LogP contribution in [0.1, 0.15) is 30.3 Å². The van der Waals surface area contributed by atoms with Gasteiger partial charge in [0, 0.05) is 9.90 Å². The molecule has 1 aromatic carbocycles. The zero-order valence-electron chi connectivity index (χ0n) is 13.2. The SMILES string of the molecule is CC(C)[C@@H](NC(=O)[C@H]1COc2ccc(Cl)cc2C1)c1cccs1. The fourth-order valence-electron chi connectivity index (χ4n) is 2.84. The van der Waals surface area contributed by atoms with Gasteiger partial charge in [0.15, 0.2) is 0 Å². The maximum absolute atomic E-state index is 12.7. The number of hydrogen-bond donors (Lipinski definition) is 1. The van der Waals surface area contributed by atoms with E-state index in [1.807, 2.05) is 29.6 Å². The first kappa shape index (κ1) is 16.3. The van der Waals surface area contributed by atoms with Gasteiger partial charge in [0.2, 0.25) is 5.91 Å². The van der Waals surface area contributed by atoms with Crippen LogP contribution in [0.15, 0.2) is 35.7 Å². The molecule has 0 aliphatic carbocycles. The van der Waals surface area contributed by atoms with Crippen molar-refractivity contribution in [3.05, 3.63) is 51.2 Å². The van der Waals surface area contributed by atoms with Crippen LogP contribution in [0.5, 0.6) is 5.75 Å². The molecule has 3 rings (SSSR count). The lowest BCUT2D eigenvalue weighted by atomic mass is 9.94. The molecule has 3 nitrogen and oxygen atoms in total. The Hall–Kier alpha value is -1.52. The van der Waals surface area contributed by atoms with Crippen molar-refractivity contribution in [1.82, 2.24) is 5.32 Å². The van der Waals surface area contributed by atoms with E-state index in [0.717, 1.165) is 11.3 Å². The van der Waals surface area contributed by atoms with Crippen LogP contribution in [0.3, 0.4) is 0 Å². The number of carbonyl (C=O) groups excluding carboxylic acids is 1. The van der Waals surface area contributed by atoms with Crippen molar-refractivity contribution in [1.29, 1.82) is 0 Å². The highest BCUT2D eigenvalue weighted by Crippen LogP contribution is 2.31. The molecule has 0 saturated heterocycles. The van der Waals surface area contributed by atoms with Crippen LogP contribution in [0, 0.1) is 11.8 Å². The Morgan fingerprint density at radius 1 is 1.39 bits per heavy atom. The number of thiophene rings is 1. The molecule has 0 radical (unpaired) electrons. The molecule has 0 bridgehead atoms. The van der Waals surface area contributed by atoms with E-state index >= 15 is 0 Å². The Morgan fingerprint density at radius 2 is 2.22 bits per heavy atom. The van der Waals surface area contributed by atoms with E-state index in [-0.39, 0.29) is 17.9 Å². The average Bonchev–Trinajstić information content (AvgIpc) is 3.05. The number of benzene rings is 1. The van der Waals surface area contributed by atoms with Crippen LogP contribution >= 0.6 is 22.9 Å². The molecule has 5 heteroatoms. The molecule has 23 heavy (non-hydrogen) atoms. The largest absolute Gasteiger partial charge is 0.492 e. The van der Waals surface area contributed by atoms with Gasteiger partial charge in [-0.1, -0.05) is 31.5 Å². The van der Waals surface area contributed by atoms with E-state index in [1.54, 1.807) is 11.3 Å². The van der Waals surface area contributed by atoms with Crippen LogP contribution in [0.2, 0.25) is 5.02 Å². The van der Waals surface area contributed by atoms with Crippen molar-refractivity contribution < 1.29 is 9.53 Å². The summed E-state index contributed by atoms with van der Waals surface area (Å²) >= 11 is 7.72. The molecule has 1 aromatic heterocycles. The molecule has 1 aliphatic heterocycles. The third-order valence-corrected chi connectivity index (χ3v) is 5.30. The van der Waals surface area contributed by atoms with E-state index in [1.165, 1.54) is 4.88 Å². The second-order valence-electron chi connectivity index (χ2n) is 6.21. The third kappa shape index (κ3) is 3.70. The number of ether oxygens (including phenoxy) is 1. The van der Waals surface area contributed by atoms with Crippen molar-refractivity contribution in [3.8, 4) is 5.75 Å². The topological polar surface area (TPSA) is 38.3 Å². The highest BCUT2D eigenvalue weighted by molar-refractivity contribution is 7.10. The quantitative estimate of drug-likeness (QED) is 0.884. The van der Waals surface area contributed by atoms with E-state index in [2.05, 4.69) is 25.2 Å². The monoisotopic (exact) mass is 349 g/mol. The van der Waals surface area contributed by atoms with Crippen molar-refractivity contribution >= 4 is 28.8 Å². The number of hydrogen-bond acceptors (Lipinski definition) is 3. The van der Waals surface area contributed by atoms with Gasteiger partial charge in [0.25, 0.3) is 0 Å². The van der Waals surface area contributed by atoms with Crippen molar-refractivity contribution in [2.45, 2.75) is 26.3 Å². The standard InChI is InChI=1S/C18H20ClNO2S/c1-11(2)17(16-4-3-7-23-16)20-18(21)13-8-12-9-14(19)5-6-15(12)22-10-13/h3-7,9,11,13,17H,8,10H2,1-2H3,(H,20,21)/t13-,17-/m1/s1. The van der Waals surface area contributed by atoms with Crippen LogP contribution in [0.25, 0.3) is 0 Å². The maximum Gasteiger partial charge on any atom is 0.227 e. The van der Waals surface area contributed by atoms with Crippen LogP contribution in [-0.2, 0) is 11.2 Å². The van der Waals surface area contributed by atoms with Crippen molar-refractivity contribution in [2.75, 3.05) is 6.61 Å². The lowest BCUT2D eigenvalue weighted by Gasteiger charge is -2.28. The first-order chi connectivity index (χ1) is 11.0. The van der Waals surface area contributed by atoms with E-state index in [4.69, 9.17) is 16.3 Å². The lowest BCUT2D eigenvalue weighted by molar-refractivity contribution is -0.127. The first-order valence-electron chi connectivity index (χ1n) is 7.79. The summed E-state index contributed by atoms with van der Waals surface area (Å²) < 4.78 is 5.73. The lowest BCUT2D eigenvalue weighted by Crippen LogP contribution is -2.40. The summed E-state index contributed by atoms with van der Waals surface area (Å²) in [6.07, 6.45) is 0.664. The molecule has 0 fully saturated rings. The molecule has 0 saturated carbocycles. The van der Waals surface area contributed by atoms with Crippen LogP contribution in [0.4, 0.5) is 0 Å². The number of halogens is 1. The van der Waals surface area contributed by atoms with Crippen LogP contribution in [-0.4, -0.2) is 12.5 Å². The molecule has 1 amide bonds.